The van der Waals surface area contributed by atoms with Gasteiger partial charge in [0.15, 0.2) is 0 Å². The van der Waals surface area contributed by atoms with Gasteiger partial charge in [-0.1, -0.05) is 6.92 Å². The van der Waals surface area contributed by atoms with Crippen molar-refractivity contribution in [1.29, 1.82) is 5.26 Å². The van der Waals surface area contributed by atoms with Gasteiger partial charge in [0.25, 0.3) is 0 Å². The fourth-order valence-electron chi connectivity index (χ4n) is 3.46. The number of aliphatic hydroxyl groups is 1. The van der Waals surface area contributed by atoms with Gasteiger partial charge in [-0.2, -0.15) is 5.26 Å². The van der Waals surface area contributed by atoms with Crippen LogP contribution in [0.2, 0.25) is 0 Å². The standard InChI is InChI=1S/C14H19N3O2/c1-2-5-17-9-16-7-11(17)13(18)14(8-15)6-10-3-4-12(14)19-10/h7,9-10,12-13,18H,2-6H2,1H3. The fourth-order valence-corrected chi connectivity index (χ4v) is 3.46. The molecule has 0 amide bonds. The molecule has 2 bridgehead atoms. The lowest BCUT2D eigenvalue weighted by atomic mass is 9.70. The molecule has 2 aliphatic heterocycles. The van der Waals surface area contributed by atoms with Crippen LogP contribution in [-0.2, 0) is 11.3 Å². The van der Waals surface area contributed by atoms with Crippen LogP contribution in [0.5, 0.6) is 0 Å². The van der Waals surface area contributed by atoms with Crippen LogP contribution < -0.4 is 0 Å². The van der Waals surface area contributed by atoms with Crippen LogP contribution in [-0.4, -0.2) is 26.9 Å². The van der Waals surface area contributed by atoms with Gasteiger partial charge in [-0.25, -0.2) is 4.98 Å². The summed E-state index contributed by atoms with van der Waals surface area (Å²) in [5.41, 5.74) is -0.0615. The smallest absolute Gasteiger partial charge is 0.117 e. The molecule has 1 N–H and O–H groups in total. The summed E-state index contributed by atoms with van der Waals surface area (Å²) in [7, 11) is 0. The number of nitriles is 1. The number of rotatable bonds is 4. The minimum absolute atomic E-state index is 0.137. The summed E-state index contributed by atoms with van der Waals surface area (Å²) >= 11 is 0. The monoisotopic (exact) mass is 261 g/mol. The molecule has 1 aromatic heterocycles. The molecule has 3 rings (SSSR count). The first kappa shape index (κ1) is 12.6. The van der Waals surface area contributed by atoms with E-state index in [9.17, 15) is 10.4 Å². The van der Waals surface area contributed by atoms with Crippen molar-refractivity contribution in [3.8, 4) is 6.07 Å². The van der Waals surface area contributed by atoms with Crippen molar-refractivity contribution in [2.45, 2.75) is 57.5 Å². The number of ether oxygens (including phenoxy) is 1. The highest BCUT2D eigenvalue weighted by atomic mass is 16.5. The quantitative estimate of drug-likeness (QED) is 0.897. The Hall–Kier alpha value is -1.38. The lowest BCUT2D eigenvalue weighted by Crippen LogP contribution is -2.38. The van der Waals surface area contributed by atoms with E-state index in [-0.39, 0.29) is 12.2 Å². The second kappa shape index (κ2) is 4.62. The molecule has 5 heteroatoms. The number of aromatic nitrogens is 2. The normalized spacial score (nSPS) is 34.4. The molecule has 5 nitrogen and oxygen atoms in total. The Morgan fingerprint density at radius 1 is 1.68 bits per heavy atom. The van der Waals surface area contributed by atoms with Crippen molar-refractivity contribution < 1.29 is 9.84 Å². The van der Waals surface area contributed by atoms with Crippen molar-refractivity contribution in [3.63, 3.8) is 0 Å². The number of nitrogens with zero attached hydrogens (tertiary/aromatic N) is 3. The summed E-state index contributed by atoms with van der Waals surface area (Å²) in [6, 6.07) is 2.35. The first-order valence-electron chi connectivity index (χ1n) is 6.96. The Morgan fingerprint density at radius 3 is 3.11 bits per heavy atom. The molecule has 19 heavy (non-hydrogen) atoms. The fraction of sp³-hybridized carbons (Fsp3) is 0.714. The van der Waals surface area contributed by atoms with E-state index in [1.54, 1.807) is 12.5 Å². The van der Waals surface area contributed by atoms with Gasteiger partial charge in [0, 0.05) is 6.54 Å². The van der Waals surface area contributed by atoms with Gasteiger partial charge in [0.2, 0.25) is 0 Å². The third-order valence-corrected chi connectivity index (χ3v) is 4.43. The van der Waals surface area contributed by atoms with E-state index in [0.717, 1.165) is 31.5 Å². The van der Waals surface area contributed by atoms with E-state index in [2.05, 4.69) is 18.0 Å². The van der Waals surface area contributed by atoms with Crippen LogP contribution in [0.1, 0.15) is 44.4 Å². The zero-order valence-corrected chi connectivity index (χ0v) is 11.1. The van der Waals surface area contributed by atoms with Gasteiger partial charge in [0.05, 0.1) is 36.5 Å². The number of hydrogen-bond donors (Lipinski definition) is 1. The summed E-state index contributed by atoms with van der Waals surface area (Å²) in [5, 5.41) is 20.3. The molecule has 3 heterocycles. The lowest BCUT2D eigenvalue weighted by Gasteiger charge is -2.33. The van der Waals surface area contributed by atoms with Crippen molar-refractivity contribution in [2.24, 2.45) is 5.41 Å². The third-order valence-electron chi connectivity index (χ3n) is 4.43. The molecule has 0 radical (unpaired) electrons. The lowest BCUT2D eigenvalue weighted by molar-refractivity contribution is -0.000565. The van der Waals surface area contributed by atoms with Gasteiger partial charge < -0.3 is 14.4 Å². The maximum atomic E-state index is 10.7. The van der Waals surface area contributed by atoms with Crippen LogP contribution >= 0.6 is 0 Å². The molecule has 4 atom stereocenters. The van der Waals surface area contributed by atoms with Crippen molar-refractivity contribution >= 4 is 0 Å². The molecule has 1 aromatic rings. The maximum Gasteiger partial charge on any atom is 0.117 e. The number of hydrogen-bond acceptors (Lipinski definition) is 4. The van der Waals surface area contributed by atoms with E-state index in [1.807, 2.05) is 4.57 Å². The van der Waals surface area contributed by atoms with Gasteiger partial charge in [-0.05, 0) is 25.7 Å². The molecule has 0 spiro atoms. The van der Waals surface area contributed by atoms with Gasteiger partial charge in [-0.15, -0.1) is 0 Å². The minimum atomic E-state index is -0.818. The van der Waals surface area contributed by atoms with Crippen LogP contribution in [0.3, 0.4) is 0 Å². The number of aryl methyl sites for hydroxylation is 1. The highest BCUT2D eigenvalue weighted by Gasteiger charge is 2.57. The average molecular weight is 261 g/mol. The maximum absolute atomic E-state index is 10.7. The molecule has 2 aliphatic rings. The highest BCUT2D eigenvalue weighted by Crippen LogP contribution is 2.53. The number of imidazole rings is 1. The largest absolute Gasteiger partial charge is 0.385 e. The van der Waals surface area contributed by atoms with Gasteiger partial charge in [0.1, 0.15) is 11.5 Å². The van der Waals surface area contributed by atoms with E-state index < -0.39 is 11.5 Å². The van der Waals surface area contributed by atoms with E-state index in [1.165, 1.54) is 0 Å². The molecular formula is C14H19N3O2. The predicted molar refractivity (Wildman–Crippen MR) is 68.0 cm³/mol. The van der Waals surface area contributed by atoms with E-state index in [4.69, 9.17) is 4.74 Å². The zero-order valence-electron chi connectivity index (χ0n) is 11.1. The zero-order chi connectivity index (χ0) is 13.5. The first-order valence-corrected chi connectivity index (χ1v) is 6.96. The Kier molecular flexibility index (Phi) is 3.08. The summed E-state index contributed by atoms with van der Waals surface area (Å²) in [5.74, 6) is 0. The molecule has 0 aromatic carbocycles. The molecular weight excluding hydrogens is 242 g/mol. The highest BCUT2D eigenvalue weighted by molar-refractivity contribution is 5.21. The Morgan fingerprint density at radius 2 is 2.53 bits per heavy atom. The Labute approximate surface area is 112 Å². The molecule has 4 unspecified atom stereocenters. The van der Waals surface area contributed by atoms with Crippen molar-refractivity contribution in [3.05, 3.63) is 18.2 Å². The minimum Gasteiger partial charge on any atom is -0.385 e. The van der Waals surface area contributed by atoms with Gasteiger partial charge in [-0.3, -0.25) is 0 Å². The SMILES string of the molecule is CCCn1cncc1C(O)C1(C#N)CC2CCC1O2. The predicted octanol–water partition coefficient (Wildman–Crippen LogP) is 1.79. The van der Waals surface area contributed by atoms with E-state index >= 15 is 0 Å². The Bertz CT molecular complexity index is 507. The van der Waals surface area contributed by atoms with Gasteiger partial charge >= 0.3 is 0 Å². The summed E-state index contributed by atoms with van der Waals surface area (Å²) in [6.45, 7) is 2.89. The third kappa shape index (κ3) is 1.78. The second-order valence-corrected chi connectivity index (χ2v) is 5.59. The van der Waals surface area contributed by atoms with Crippen LogP contribution in [0.4, 0.5) is 0 Å². The first-order chi connectivity index (χ1) is 9.21. The number of aliphatic hydroxyl groups excluding tert-OH is 1. The molecule has 0 aliphatic carbocycles. The number of fused-ring (bicyclic) bond motifs is 2. The second-order valence-electron chi connectivity index (χ2n) is 5.59. The van der Waals surface area contributed by atoms with Crippen molar-refractivity contribution in [2.75, 3.05) is 0 Å². The topological polar surface area (TPSA) is 71.1 Å². The molecule has 102 valence electrons. The Balaban J connectivity index is 1.92. The van der Waals surface area contributed by atoms with Crippen LogP contribution in [0.25, 0.3) is 0 Å². The summed E-state index contributed by atoms with van der Waals surface area (Å²) in [4.78, 5) is 4.11. The molecule has 2 saturated heterocycles. The summed E-state index contributed by atoms with van der Waals surface area (Å²) < 4.78 is 7.73. The van der Waals surface area contributed by atoms with Crippen LogP contribution in [0, 0.1) is 16.7 Å². The molecule has 0 saturated carbocycles. The van der Waals surface area contributed by atoms with Crippen LogP contribution in [0.15, 0.2) is 12.5 Å². The van der Waals surface area contributed by atoms with E-state index in [0.29, 0.717) is 6.42 Å². The summed E-state index contributed by atoms with van der Waals surface area (Å²) in [6.07, 6.45) is 6.06. The molecule has 2 fully saturated rings. The average Bonchev–Trinajstić information content (AvgIpc) is 3.13. The van der Waals surface area contributed by atoms with Crippen molar-refractivity contribution in [1.82, 2.24) is 9.55 Å².